The fourth-order valence-corrected chi connectivity index (χ4v) is 2.93. The van der Waals surface area contributed by atoms with E-state index in [-0.39, 0.29) is 0 Å². The van der Waals surface area contributed by atoms with Gasteiger partial charge in [-0.1, -0.05) is 30.3 Å². The van der Waals surface area contributed by atoms with Crippen molar-refractivity contribution in [1.82, 2.24) is 0 Å². The highest BCUT2D eigenvalue weighted by atomic mass is 16.5. The van der Waals surface area contributed by atoms with Gasteiger partial charge in [-0.3, -0.25) is 0 Å². The molecule has 2 heterocycles. The molecule has 0 radical (unpaired) electrons. The maximum atomic E-state index is 5.70. The van der Waals surface area contributed by atoms with Crippen molar-refractivity contribution < 1.29 is 9.22 Å². The van der Waals surface area contributed by atoms with E-state index in [1.807, 2.05) is 0 Å². The van der Waals surface area contributed by atoms with Gasteiger partial charge in [-0.05, 0) is 17.2 Å². The van der Waals surface area contributed by atoms with E-state index < -0.39 is 0 Å². The van der Waals surface area contributed by atoms with E-state index in [4.69, 9.17) is 4.74 Å². The molecule has 3 rings (SSSR count). The van der Waals surface area contributed by atoms with Gasteiger partial charge in [-0.15, -0.1) is 0 Å². The number of hydrogen-bond acceptors (Lipinski definition) is 1. The first-order valence-corrected chi connectivity index (χ1v) is 6.35. The molecule has 2 aliphatic heterocycles. The predicted molar refractivity (Wildman–Crippen MR) is 69.5 cm³/mol. The largest absolute Gasteiger partial charge is 0.369 e. The van der Waals surface area contributed by atoms with Gasteiger partial charge in [0.25, 0.3) is 0 Å². The highest BCUT2D eigenvalue weighted by Gasteiger charge is 2.43. The second-order valence-electron chi connectivity index (χ2n) is 5.65. The molecular weight excluding hydrogens is 210 g/mol. The monoisotopic (exact) mass is 230 g/mol. The van der Waals surface area contributed by atoms with Crippen molar-refractivity contribution in [2.75, 3.05) is 27.3 Å². The number of nitrogens with zero attached hydrogens (tertiary/aromatic N) is 1. The summed E-state index contributed by atoms with van der Waals surface area (Å²) in [5, 5.41) is 0. The zero-order valence-electron chi connectivity index (χ0n) is 10.6. The van der Waals surface area contributed by atoms with Crippen LogP contribution < -0.4 is 0 Å². The summed E-state index contributed by atoms with van der Waals surface area (Å²) in [5.41, 5.74) is 2.88. The molecule has 1 fully saturated rings. The summed E-state index contributed by atoms with van der Waals surface area (Å²) < 4.78 is 6.78. The Morgan fingerprint density at radius 2 is 1.88 bits per heavy atom. The fraction of sp³-hybridized carbons (Fsp3) is 0.467. The Morgan fingerprint density at radius 3 is 2.59 bits per heavy atom. The Balaban J connectivity index is 1.97. The summed E-state index contributed by atoms with van der Waals surface area (Å²) in [4.78, 5) is 0. The van der Waals surface area contributed by atoms with Crippen molar-refractivity contribution in [3.63, 3.8) is 0 Å². The number of ether oxygens (including phenoxy) is 1. The standard InChI is InChI=1S/C15H20NO/c1-16(2)14-8-13(9-15(16)11-17-10-14)12-6-4-3-5-7-12/h3-8,14-15H,9-11H2,1-2H3/q+1/t14-,15+/m1/s1. The molecule has 0 aliphatic carbocycles. The smallest absolute Gasteiger partial charge is 0.132 e. The second kappa shape index (κ2) is 3.97. The van der Waals surface area contributed by atoms with Crippen molar-refractivity contribution in [3.05, 3.63) is 42.0 Å². The molecule has 0 N–H and O–H groups in total. The fourth-order valence-electron chi connectivity index (χ4n) is 2.93. The number of likely N-dealkylation sites (N-methyl/N-ethyl adjacent to an activating group) is 1. The molecule has 0 saturated carbocycles. The summed E-state index contributed by atoms with van der Waals surface area (Å²) >= 11 is 0. The SMILES string of the molecule is C[N+]1(C)[C@@H]2COC[C@H]1C=C(c1ccccc1)C2. The summed E-state index contributed by atoms with van der Waals surface area (Å²) in [5.74, 6) is 0. The van der Waals surface area contributed by atoms with Crippen molar-refractivity contribution in [3.8, 4) is 0 Å². The van der Waals surface area contributed by atoms with E-state index in [0.29, 0.717) is 12.1 Å². The van der Waals surface area contributed by atoms with Crippen LogP contribution in [0.5, 0.6) is 0 Å². The van der Waals surface area contributed by atoms with Gasteiger partial charge in [0, 0.05) is 6.42 Å². The normalized spacial score (nSPS) is 30.8. The summed E-state index contributed by atoms with van der Waals surface area (Å²) in [6.07, 6.45) is 3.55. The minimum atomic E-state index is 0.512. The molecule has 1 aromatic rings. The summed E-state index contributed by atoms with van der Waals surface area (Å²) in [6, 6.07) is 11.9. The molecule has 1 aromatic carbocycles. The lowest BCUT2D eigenvalue weighted by Crippen LogP contribution is -2.63. The van der Waals surface area contributed by atoms with Crippen molar-refractivity contribution in [1.29, 1.82) is 0 Å². The van der Waals surface area contributed by atoms with Crippen LogP contribution in [0.25, 0.3) is 5.57 Å². The Kier molecular flexibility index (Phi) is 2.57. The number of hydrogen-bond donors (Lipinski definition) is 0. The Bertz CT molecular complexity index is 435. The zero-order chi connectivity index (χ0) is 11.9. The van der Waals surface area contributed by atoms with Gasteiger partial charge in [-0.25, -0.2) is 0 Å². The molecule has 2 bridgehead atoms. The van der Waals surface area contributed by atoms with Crippen molar-refractivity contribution >= 4 is 5.57 Å². The van der Waals surface area contributed by atoms with Gasteiger partial charge in [0.1, 0.15) is 18.7 Å². The highest BCUT2D eigenvalue weighted by Crippen LogP contribution is 2.35. The molecule has 2 aliphatic rings. The van der Waals surface area contributed by atoms with Gasteiger partial charge >= 0.3 is 0 Å². The lowest BCUT2D eigenvalue weighted by molar-refractivity contribution is -0.941. The first-order valence-electron chi connectivity index (χ1n) is 6.35. The Morgan fingerprint density at radius 1 is 1.12 bits per heavy atom. The zero-order valence-corrected chi connectivity index (χ0v) is 10.6. The molecule has 0 aromatic heterocycles. The molecule has 0 amide bonds. The third kappa shape index (κ3) is 1.81. The Labute approximate surface area is 103 Å². The molecule has 0 unspecified atom stereocenters. The van der Waals surface area contributed by atoms with E-state index >= 15 is 0 Å². The third-order valence-electron chi connectivity index (χ3n) is 4.39. The number of quaternary nitrogens is 1. The maximum absolute atomic E-state index is 5.70. The lowest BCUT2D eigenvalue weighted by atomic mass is 9.88. The van der Waals surface area contributed by atoms with E-state index in [1.165, 1.54) is 11.1 Å². The van der Waals surface area contributed by atoms with Gasteiger partial charge in [0.2, 0.25) is 0 Å². The van der Waals surface area contributed by atoms with E-state index in [0.717, 1.165) is 24.1 Å². The third-order valence-corrected chi connectivity index (χ3v) is 4.39. The predicted octanol–water partition coefficient (Wildman–Crippen LogP) is 2.32. The number of benzene rings is 1. The summed E-state index contributed by atoms with van der Waals surface area (Å²) in [6.45, 7) is 1.76. The summed E-state index contributed by atoms with van der Waals surface area (Å²) in [7, 11) is 4.66. The topological polar surface area (TPSA) is 9.23 Å². The molecule has 1 saturated heterocycles. The number of rotatable bonds is 1. The molecule has 90 valence electrons. The van der Waals surface area contributed by atoms with Crippen LogP contribution in [-0.2, 0) is 4.74 Å². The molecule has 2 nitrogen and oxygen atoms in total. The molecular formula is C15H20NO+. The molecule has 2 heteroatoms. The first kappa shape index (κ1) is 11.0. The van der Waals surface area contributed by atoms with Crippen LogP contribution in [-0.4, -0.2) is 43.9 Å². The average Bonchev–Trinajstić information content (AvgIpc) is 2.28. The van der Waals surface area contributed by atoms with Gasteiger partial charge in [0.15, 0.2) is 0 Å². The van der Waals surface area contributed by atoms with E-state index in [9.17, 15) is 0 Å². The van der Waals surface area contributed by atoms with Crippen LogP contribution in [0.4, 0.5) is 0 Å². The average molecular weight is 230 g/mol. The van der Waals surface area contributed by atoms with Crippen LogP contribution in [0.2, 0.25) is 0 Å². The van der Waals surface area contributed by atoms with Gasteiger partial charge < -0.3 is 9.22 Å². The highest BCUT2D eigenvalue weighted by molar-refractivity contribution is 5.67. The van der Waals surface area contributed by atoms with Crippen LogP contribution >= 0.6 is 0 Å². The number of fused-ring (bicyclic) bond motifs is 2. The van der Waals surface area contributed by atoms with Crippen LogP contribution in [0.15, 0.2) is 36.4 Å². The van der Waals surface area contributed by atoms with Crippen LogP contribution in [0.3, 0.4) is 0 Å². The lowest BCUT2D eigenvalue weighted by Gasteiger charge is -2.49. The van der Waals surface area contributed by atoms with Crippen LogP contribution in [0, 0.1) is 0 Å². The molecule has 17 heavy (non-hydrogen) atoms. The van der Waals surface area contributed by atoms with Gasteiger partial charge in [-0.2, -0.15) is 0 Å². The molecule has 2 atom stereocenters. The quantitative estimate of drug-likeness (QED) is 0.673. The minimum absolute atomic E-state index is 0.512. The van der Waals surface area contributed by atoms with Crippen LogP contribution in [0.1, 0.15) is 12.0 Å². The molecule has 0 spiro atoms. The van der Waals surface area contributed by atoms with Gasteiger partial charge in [0.05, 0.1) is 20.7 Å². The van der Waals surface area contributed by atoms with E-state index in [1.54, 1.807) is 0 Å². The first-order chi connectivity index (χ1) is 8.18. The number of morpholine rings is 1. The van der Waals surface area contributed by atoms with Crippen molar-refractivity contribution in [2.24, 2.45) is 0 Å². The second-order valence-corrected chi connectivity index (χ2v) is 5.65. The maximum Gasteiger partial charge on any atom is 0.132 e. The van der Waals surface area contributed by atoms with E-state index in [2.05, 4.69) is 50.5 Å². The minimum Gasteiger partial charge on any atom is -0.369 e. The Hall–Kier alpha value is -1.12. The van der Waals surface area contributed by atoms with Crippen molar-refractivity contribution in [2.45, 2.75) is 18.5 Å².